The number of fused-ring (bicyclic) bond motifs is 6. The smallest absolute Gasteiger partial charge is 0.135 e. The Hall–Kier alpha value is -10.3. The number of rotatable bonds is 11. The third kappa shape index (κ3) is 10.7. The van der Waals surface area contributed by atoms with Gasteiger partial charge in [0.1, 0.15) is 5.82 Å². The molecule has 1 aromatic heterocycles. The Balaban J connectivity index is 0.00000866. The van der Waals surface area contributed by atoms with Gasteiger partial charge in [0, 0.05) is 80.5 Å². The molecule has 2 aliphatic rings. The van der Waals surface area contributed by atoms with Gasteiger partial charge in [-0.25, -0.2) is 4.98 Å². The number of pyridine rings is 1. The molecule has 0 saturated carbocycles. The largest absolute Gasteiger partial charge is 0.493 e. The quantitative estimate of drug-likeness (QED) is 0.120. The topological polar surface area (TPSA) is 25.9 Å². The van der Waals surface area contributed by atoms with E-state index in [1.807, 2.05) is 197 Å². The van der Waals surface area contributed by atoms with Gasteiger partial charge >= 0.3 is 0 Å². The first-order valence-corrected chi connectivity index (χ1v) is 29.7. The maximum atomic E-state index is 9.59. The van der Waals surface area contributed by atoms with Crippen LogP contribution >= 0.6 is 0 Å². The van der Waals surface area contributed by atoms with Gasteiger partial charge in [0.25, 0.3) is 0 Å². The van der Waals surface area contributed by atoms with Crippen LogP contribution in [-0.4, -0.2) is 4.98 Å². The molecule has 0 saturated heterocycles. The number of hydrogen-bond acceptors (Lipinski definition) is 5. The van der Waals surface area contributed by atoms with Crippen LogP contribution in [0.15, 0.2) is 291 Å². The molecule has 0 unspecified atom stereocenters. The molecule has 0 atom stereocenters. The van der Waals surface area contributed by atoms with Gasteiger partial charge < -0.3 is 19.6 Å². The van der Waals surface area contributed by atoms with Crippen molar-refractivity contribution in [1.29, 1.82) is 0 Å². The first-order chi connectivity index (χ1) is 48.1. The Morgan fingerprint density at radius 1 is 0.444 bits per heavy atom. The Morgan fingerprint density at radius 2 is 1.01 bits per heavy atom. The van der Waals surface area contributed by atoms with Crippen molar-refractivity contribution in [2.24, 2.45) is 0 Å². The van der Waals surface area contributed by atoms with Gasteiger partial charge in [-0.2, -0.15) is 6.07 Å². The van der Waals surface area contributed by atoms with Gasteiger partial charge in [-0.1, -0.05) is 250 Å². The molecular formula is C84H64N5Pt-3. The average molecular weight is 1350 g/mol. The van der Waals surface area contributed by atoms with Crippen LogP contribution in [0.1, 0.15) is 52.5 Å². The summed E-state index contributed by atoms with van der Waals surface area (Å²) < 4.78 is 100. The molecule has 0 radical (unpaired) electrons. The molecule has 0 amide bonds. The fourth-order valence-electron chi connectivity index (χ4n) is 12.4. The minimum atomic E-state index is -2.72. The summed E-state index contributed by atoms with van der Waals surface area (Å²) >= 11 is 0. The van der Waals surface area contributed by atoms with E-state index in [1.165, 1.54) is 6.07 Å². The summed E-state index contributed by atoms with van der Waals surface area (Å²) in [6, 6.07) is 88.0. The van der Waals surface area contributed by atoms with E-state index in [2.05, 4.69) is 98.5 Å². The van der Waals surface area contributed by atoms with Gasteiger partial charge in [0.05, 0.1) is 12.5 Å². The molecule has 0 N–H and O–H groups in total. The maximum Gasteiger partial charge on any atom is 0.135 e. The summed E-state index contributed by atoms with van der Waals surface area (Å²) in [6.45, 7) is 3.02. The van der Waals surface area contributed by atoms with E-state index in [0.29, 0.717) is 62.3 Å². The van der Waals surface area contributed by atoms with Crippen molar-refractivity contribution in [3.8, 4) is 77.9 Å². The summed E-state index contributed by atoms with van der Waals surface area (Å²) in [7, 11) is 0. The summed E-state index contributed by atoms with van der Waals surface area (Å²) in [5.41, 5.74) is 15.7. The van der Waals surface area contributed by atoms with Gasteiger partial charge in [0.2, 0.25) is 0 Å². The van der Waals surface area contributed by atoms with Crippen LogP contribution in [0.3, 0.4) is 0 Å². The monoisotopic (exact) mass is 1350 g/mol. The van der Waals surface area contributed by atoms with Gasteiger partial charge in [-0.3, -0.25) is 0 Å². The average Bonchev–Trinajstić information content (AvgIpc) is 1.69. The number of aromatic nitrogens is 1. The SMILES string of the molecule is [2H]c1c([2H])c([2H])c(-c2cc(C([2H])([2H])[2H])cc(-c3cc(-c4ccccc4)cc(C(C)(C)C)c3)c2N2[CH-]N(c3[c-]c(N(c4[c-]c5c(cc4)-c4ccccc4-c4ccccc4N5c4cc(C([2H])([2H])[2H])c(-c5ccccc5)cn4)c4ccccc4)cc(-c4ccccc4)c3)c3ccccc32)c([2H])c1[2H].[Pt]. The van der Waals surface area contributed by atoms with Crippen LogP contribution in [0.25, 0.3) is 77.9 Å². The predicted octanol–water partition coefficient (Wildman–Crippen LogP) is 22.9. The number of benzene rings is 12. The Bertz CT molecular complexity index is 5310. The molecule has 0 aliphatic carbocycles. The second-order valence-corrected chi connectivity index (χ2v) is 23.3. The predicted molar refractivity (Wildman–Crippen MR) is 373 cm³/mol. The molecule has 0 spiro atoms. The van der Waals surface area contributed by atoms with Crippen LogP contribution in [0.4, 0.5) is 57.0 Å². The summed E-state index contributed by atoms with van der Waals surface area (Å²) in [5.74, 6) is 0.379. The summed E-state index contributed by atoms with van der Waals surface area (Å²) in [6.07, 6.45) is 1.66. The molecule has 3 heterocycles. The van der Waals surface area contributed by atoms with Crippen molar-refractivity contribution >= 4 is 57.0 Å². The molecule has 5 nitrogen and oxygen atoms in total. The number of anilines is 10. The third-order valence-electron chi connectivity index (χ3n) is 16.7. The van der Waals surface area contributed by atoms with E-state index in [1.54, 1.807) is 18.3 Å². The molecule has 6 heteroatoms. The fraction of sp³-hybridized carbons (Fsp3) is 0.0714. The molecular weight excluding hydrogens is 1270 g/mol. The standard InChI is InChI=1S/C84H64N5.Pt/c1-57-45-75(61-31-15-8-16-32-61)83(76(46-57)65-48-63(59-27-11-6-12-28-59)49-66(50-65)84(3,4)5)87-56-86(79-41-25-26-42-80(79)87)69-51-64(60-29-13-7-14-30-60)52-70(53-69)88(67-35-19-10-20-36-67)68-43-44-74-72-38-22-21-37-71(72)73-39-23-24-40-78(73)89(81(74)54-68)82-47-58(2)77(55-85-82)62-33-17-9-18-34-62;/h6-52,55-56H,1-5H3;/q-3;/i1D3,2D3,8D,15D,16D,31D,32D;. The molecule has 13 aromatic rings. The van der Waals surface area contributed by atoms with E-state index in [4.69, 9.17) is 17.3 Å². The first kappa shape index (κ1) is 45.9. The van der Waals surface area contributed by atoms with Crippen molar-refractivity contribution in [1.82, 2.24) is 4.98 Å². The Morgan fingerprint density at radius 3 is 1.67 bits per heavy atom. The van der Waals surface area contributed by atoms with E-state index in [9.17, 15) is 2.74 Å². The van der Waals surface area contributed by atoms with Gasteiger partial charge in [-0.15, -0.1) is 53.8 Å². The van der Waals surface area contributed by atoms with Crippen LogP contribution in [0.5, 0.6) is 0 Å². The van der Waals surface area contributed by atoms with Crippen LogP contribution in [0.2, 0.25) is 0 Å². The zero-order valence-electron chi connectivity index (χ0n) is 60.5. The number of aryl methyl sites for hydroxylation is 2. The van der Waals surface area contributed by atoms with E-state index in [-0.39, 0.29) is 43.3 Å². The second kappa shape index (κ2) is 24.0. The summed E-state index contributed by atoms with van der Waals surface area (Å²) in [5, 5.41) is 0. The van der Waals surface area contributed by atoms with Crippen molar-refractivity contribution in [2.45, 2.75) is 39.9 Å². The van der Waals surface area contributed by atoms with E-state index in [0.717, 1.165) is 67.0 Å². The van der Waals surface area contributed by atoms with Crippen LogP contribution in [-0.2, 0) is 26.5 Å². The number of hydrogen-bond donors (Lipinski definition) is 0. The zero-order valence-corrected chi connectivity index (χ0v) is 51.7. The molecule has 90 heavy (non-hydrogen) atoms. The minimum absolute atomic E-state index is 0. The normalized spacial score (nSPS) is 14.3. The number of para-hydroxylation sites is 4. The number of nitrogens with zero attached hydrogens (tertiary/aromatic N) is 5. The van der Waals surface area contributed by atoms with E-state index < -0.39 is 49.3 Å². The van der Waals surface area contributed by atoms with Crippen molar-refractivity contribution < 1.29 is 36.1 Å². The maximum absolute atomic E-state index is 9.59. The molecule has 0 bridgehead atoms. The van der Waals surface area contributed by atoms with Crippen molar-refractivity contribution in [2.75, 3.05) is 19.6 Å². The van der Waals surface area contributed by atoms with Crippen LogP contribution in [0, 0.1) is 32.5 Å². The van der Waals surface area contributed by atoms with Crippen LogP contribution < -0.4 is 19.6 Å². The van der Waals surface area contributed by atoms with Gasteiger partial charge in [0.15, 0.2) is 0 Å². The van der Waals surface area contributed by atoms with E-state index >= 15 is 0 Å². The molecule has 15 rings (SSSR count). The Kier molecular flexibility index (Phi) is 12.2. The summed E-state index contributed by atoms with van der Waals surface area (Å²) in [4.78, 5) is 13.2. The van der Waals surface area contributed by atoms with Gasteiger partial charge in [-0.05, 0) is 129 Å². The second-order valence-electron chi connectivity index (χ2n) is 23.3. The third-order valence-corrected chi connectivity index (χ3v) is 16.7. The minimum Gasteiger partial charge on any atom is -0.493 e. The fourth-order valence-corrected chi connectivity index (χ4v) is 12.4. The molecule has 12 aromatic carbocycles. The van der Waals surface area contributed by atoms with Crippen molar-refractivity contribution in [3.05, 3.63) is 327 Å². The molecule has 438 valence electrons. The van der Waals surface area contributed by atoms with Crippen molar-refractivity contribution in [3.63, 3.8) is 0 Å². The first-order valence-electron chi connectivity index (χ1n) is 35.2. The zero-order chi connectivity index (χ0) is 69.5. The Labute approximate surface area is 559 Å². The molecule has 2 aliphatic heterocycles. The molecule has 0 fully saturated rings.